The number of rotatable bonds is 4. The van der Waals surface area contributed by atoms with E-state index in [1.807, 2.05) is 0 Å². The third-order valence-corrected chi connectivity index (χ3v) is 4.91. The predicted molar refractivity (Wildman–Crippen MR) is 82.9 cm³/mol. The number of hydrogen-bond acceptors (Lipinski definition) is 3. The van der Waals surface area contributed by atoms with E-state index in [4.69, 9.17) is 4.74 Å². The average molecular weight is 338 g/mol. The van der Waals surface area contributed by atoms with Gasteiger partial charge in [-0.3, -0.25) is 0 Å². The van der Waals surface area contributed by atoms with Crippen LogP contribution >= 0.6 is 27.3 Å². The number of ether oxygens (including phenoxy) is 1. The first-order chi connectivity index (χ1) is 9.24. The summed E-state index contributed by atoms with van der Waals surface area (Å²) in [7, 11) is 0. The minimum atomic E-state index is 0.371. The Morgan fingerprint density at radius 2 is 2.37 bits per heavy atom. The van der Waals surface area contributed by atoms with E-state index >= 15 is 0 Å². The van der Waals surface area contributed by atoms with E-state index in [2.05, 4.69) is 57.8 Å². The molecular formula is C15H16BrNOS. The van der Waals surface area contributed by atoms with E-state index in [0.717, 1.165) is 29.8 Å². The molecule has 100 valence electrons. The van der Waals surface area contributed by atoms with Crippen molar-refractivity contribution in [2.75, 3.05) is 6.61 Å². The number of thiophene rings is 1. The summed E-state index contributed by atoms with van der Waals surface area (Å²) in [5.41, 5.74) is 2.56. The molecule has 1 atom stereocenters. The van der Waals surface area contributed by atoms with Crippen molar-refractivity contribution in [3.63, 3.8) is 0 Å². The Bertz CT molecular complexity index is 568. The van der Waals surface area contributed by atoms with Crippen molar-refractivity contribution in [1.82, 2.24) is 5.32 Å². The first-order valence-electron chi connectivity index (χ1n) is 6.45. The van der Waals surface area contributed by atoms with Gasteiger partial charge in [0.25, 0.3) is 0 Å². The normalized spacial score (nSPS) is 15.1. The number of fused-ring (bicyclic) bond motifs is 1. The van der Waals surface area contributed by atoms with Crippen LogP contribution in [-0.4, -0.2) is 6.61 Å². The Balaban J connectivity index is 1.74. The van der Waals surface area contributed by atoms with E-state index in [1.54, 1.807) is 11.3 Å². The highest BCUT2D eigenvalue weighted by molar-refractivity contribution is 9.10. The lowest BCUT2D eigenvalue weighted by Crippen LogP contribution is -2.17. The molecule has 2 nitrogen and oxygen atoms in total. The van der Waals surface area contributed by atoms with Crippen LogP contribution in [0.5, 0.6) is 5.75 Å². The van der Waals surface area contributed by atoms with E-state index in [1.165, 1.54) is 16.0 Å². The van der Waals surface area contributed by atoms with Gasteiger partial charge >= 0.3 is 0 Å². The van der Waals surface area contributed by atoms with Crippen LogP contribution < -0.4 is 10.1 Å². The highest BCUT2D eigenvalue weighted by atomic mass is 79.9. The quantitative estimate of drug-likeness (QED) is 0.898. The number of benzene rings is 1. The summed E-state index contributed by atoms with van der Waals surface area (Å²) in [6.07, 6.45) is 1.02. The van der Waals surface area contributed by atoms with Gasteiger partial charge in [0.1, 0.15) is 5.75 Å². The summed E-state index contributed by atoms with van der Waals surface area (Å²) in [4.78, 5) is 1.37. The molecule has 4 heteroatoms. The molecule has 3 rings (SSSR count). The first-order valence-corrected chi connectivity index (χ1v) is 8.12. The predicted octanol–water partition coefficient (Wildman–Crippen LogP) is 4.30. The second kappa shape index (κ2) is 5.65. The maximum atomic E-state index is 5.75. The number of nitrogens with one attached hydrogen (secondary N) is 1. The zero-order valence-electron chi connectivity index (χ0n) is 10.8. The van der Waals surface area contributed by atoms with Crippen molar-refractivity contribution in [3.05, 3.63) is 50.1 Å². The van der Waals surface area contributed by atoms with Crippen molar-refractivity contribution in [2.45, 2.75) is 25.9 Å². The second-order valence-electron chi connectivity index (χ2n) is 4.77. The second-order valence-corrected chi connectivity index (χ2v) is 6.66. The molecule has 1 N–H and O–H groups in total. The van der Waals surface area contributed by atoms with Crippen LogP contribution in [0.25, 0.3) is 0 Å². The summed E-state index contributed by atoms with van der Waals surface area (Å²) >= 11 is 5.37. The summed E-state index contributed by atoms with van der Waals surface area (Å²) in [5.74, 6) is 1.08. The van der Waals surface area contributed by atoms with Gasteiger partial charge in [0.2, 0.25) is 0 Å². The Morgan fingerprint density at radius 1 is 1.47 bits per heavy atom. The Morgan fingerprint density at radius 3 is 3.16 bits per heavy atom. The molecule has 2 aromatic rings. The molecule has 0 aliphatic carbocycles. The molecule has 0 spiro atoms. The molecule has 1 aliphatic heterocycles. The minimum absolute atomic E-state index is 0.371. The van der Waals surface area contributed by atoms with Crippen molar-refractivity contribution in [2.24, 2.45) is 0 Å². The Labute approximate surface area is 125 Å². The van der Waals surface area contributed by atoms with E-state index in [0.29, 0.717) is 6.04 Å². The van der Waals surface area contributed by atoms with Crippen LogP contribution in [0.4, 0.5) is 0 Å². The zero-order chi connectivity index (χ0) is 13.2. The minimum Gasteiger partial charge on any atom is -0.493 e. The Kier molecular flexibility index (Phi) is 3.91. The third kappa shape index (κ3) is 2.86. The first kappa shape index (κ1) is 13.2. The third-order valence-electron chi connectivity index (χ3n) is 3.39. The average Bonchev–Trinajstić information content (AvgIpc) is 3.05. The lowest BCUT2D eigenvalue weighted by Gasteiger charge is -2.14. The molecular weight excluding hydrogens is 322 g/mol. The van der Waals surface area contributed by atoms with Gasteiger partial charge < -0.3 is 10.1 Å². The van der Waals surface area contributed by atoms with Gasteiger partial charge in [0, 0.05) is 33.9 Å². The molecule has 0 saturated carbocycles. The van der Waals surface area contributed by atoms with Crippen LogP contribution in [0.2, 0.25) is 0 Å². The monoisotopic (exact) mass is 337 g/mol. The van der Waals surface area contributed by atoms with Gasteiger partial charge in [-0.05, 0) is 36.1 Å². The lowest BCUT2D eigenvalue weighted by atomic mass is 10.1. The van der Waals surface area contributed by atoms with Gasteiger partial charge in [-0.25, -0.2) is 0 Å². The molecule has 0 saturated heterocycles. The van der Waals surface area contributed by atoms with Crippen molar-refractivity contribution in [1.29, 1.82) is 0 Å². The van der Waals surface area contributed by atoms with Crippen LogP contribution in [0, 0.1) is 0 Å². The van der Waals surface area contributed by atoms with Crippen molar-refractivity contribution in [3.8, 4) is 5.75 Å². The molecule has 19 heavy (non-hydrogen) atoms. The summed E-state index contributed by atoms with van der Waals surface area (Å²) < 4.78 is 6.89. The summed E-state index contributed by atoms with van der Waals surface area (Å²) in [6, 6.07) is 8.95. The fourth-order valence-corrected chi connectivity index (χ4v) is 3.69. The largest absolute Gasteiger partial charge is 0.493 e. The molecule has 1 aromatic carbocycles. The highest BCUT2D eigenvalue weighted by Gasteiger charge is 2.17. The van der Waals surface area contributed by atoms with Crippen LogP contribution in [0.3, 0.4) is 0 Å². The fraction of sp³-hybridized carbons (Fsp3) is 0.333. The maximum Gasteiger partial charge on any atom is 0.127 e. The molecule has 2 heterocycles. The van der Waals surface area contributed by atoms with Gasteiger partial charge in [0.05, 0.1) is 6.61 Å². The molecule has 1 aromatic heterocycles. The topological polar surface area (TPSA) is 21.3 Å². The zero-order valence-corrected chi connectivity index (χ0v) is 13.2. The SMILES string of the molecule is C[C@@H](NCc1cc(Br)cc2c1OCC2)c1cccs1. The molecule has 1 aliphatic rings. The van der Waals surface area contributed by atoms with E-state index in [9.17, 15) is 0 Å². The molecule has 0 amide bonds. The summed E-state index contributed by atoms with van der Waals surface area (Å²) in [6.45, 7) is 3.84. The lowest BCUT2D eigenvalue weighted by molar-refractivity contribution is 0.351. The fourth-order valence-electron chi connectivity index (χ4n) is 2.38. The Hall–Kier alpha value is -0.840. The van der Waals surface area contributed by atoms with Gasteiger partial charge in [-0.2, -0.15) is 0 Å². The molecule has 0 radical (unpaired) electrons. The van der Waals surface area contributed by atoms with Crippen molar-refractivity contribution >= 4 is 27.3 Å². The molecule has 0 fully saturated rings. The van der Waals surface area contributed by atoms with Gasteiger partial charge in [-0.1, -0.05) is 22.0 Å². The van der Waals surface area contributed by atoms with E-state index in [-0.39, 0.29) is 0 Å². The maximum absolute atomic E-state index is 5.75. The number of halogens is 1. The van der Waals surface area contributed by atoms with Gasteiger partial charge in [-0.15, -0.1) is 11.3 Å². The van der Waals surface area contributed by atoms with Crippen LogP contribution in [0.15, 0.2) is 34.1 Å². The van der Waals surface area contributed by atoms with Crippen LogP contribution in [-0.2, 0) is 13.0 Å². The standard InChI is InChI=1S/C15H16BrNOS/c1-10(14-3-2-6-19-14)17-9-12-8-13(16)7-11-4-5-18-15(11)12/h2-3,6-8,10,17H,4-5,9H2,1H3/t10-/m1/s1. The molecule has 0 bridgehead atoms. The van der Waals surface area contributed by atoms with Crippen LogP contribution in [0.1, 0.15) is 29.0 Å². The number of hydrogen-bond donors (Lipinski definition) is 1. The molecule has 0 unspecified atom stereocenters. The van der Waals surface area contributed by atoms with Gasteiger partial charge in [0.15, 0.2) is 0 Å². The van der Waals surface area contributed by atoms with Crippen molar-refractivity contribution < 1.29 is 4.74 Å². The summed E-state index contributed by atoms with van der Waals surface area (Å²) in [5, 5.41) is 5.69. The smallest absolute Gasteiger partial charge is 0.127 e. The van der Waals surface area contributed by atoms with E-state index < -0.39 is 0 Å². The highest BCUT2D eigenvalue weighted by Crippen LogP contribution is 2.33.